The lowest BCUT2D eigenvalue weighted by molar-refractivity contribution is -0.121. The first-order valence-electron chi connectivity index (χ1n) is 6.43. The van der Waals surface area contributed by atoms with Crippen LogP contribution in [0.25, 0.3) is 0 Å². The number of amides is 1. The van der Waals surface area contributed by atoms with Crippen LogP contribution in [0, 0.1) is 6.92 Å². The minimum atomic E-state index is -0.0987. The Bertz CT molecular complexity index is 595. The van der Waals surface area contributed by atoms with E-state index in [1.165, 1.54) is 0 Å². The zero-order chi connectivity index (χ0) is 14.5. The Morgan fingerprint density at radius 1 is 1.45 bits per heavy atom. The minimum Gasteiger partial charge on any atom is -0.496 e. The number of ether oxygens (including phenoxy) is 1. The number of para-hydroxylation sites is 1. The van der Waals surface area contributed by atoms with E-state index in [2.05, 4.69) is 10.3 Å². The average molecular weight is 290 g/mol. The van der Waals surface area contributed by atoms with Crippen LogP contribution in [-0.2, 0) is 11.2 Å². The molecule has 1 heterocycles. The molecule has 0 spiro atoms. The van der Waals surface area contributed by atoms with E-state index >= 15 is 0 Å². The summed E-state index contributed by atoms with van der Waals surface area (Å²) >= 11 is 1.56. The summed E-state index contributed by atoms with van der Waals surface area (Å²) < 4.78 is 5.31. The Morgan fingerprint density at radius 3 is 2.85 bits per heavy atom. The van der Waals surface area contributed by atoms with E-state index in [9.17, 15) is 4.79 Å². The molecular weight excluding hydrogens is 272 g/mol. The molecule has 1 atom stereocenters. The summed E-state index contributed by atoms with van der Waals surface area (Å²) in [6, 6.07) is 7.59. The molecule has 1 N–H and O–H groups in total. The topological polar surface area (TPSA) is 51.2 Å². The van der Waals surface area contributed by atoms with Crippen molar-refractivity contribution in [1.29, 1.82) is 0 Å². The molecular formula is C15H18N2O2S. The van der Waals surface area contributed by atoms with E-state index in [0.29, 0.717) is 6.42 Å². The molecule has 0 unspecified atom stereocenters. The minimum absolute atomic E-state index is 0.0336. The summed E-state index contributed by atoms with van der Waals surface area (Å²) in [5.74, 6) is 0.749. The van der Waals surface area contributed by atoms with Crippen molar-refractivity contribution in [1.82, 2.24) is 10.3 Å². The van der Waals surface area contributed by atoms with Gasteiger partial charge in [0.2, 0.25) is 5.91 Å². The molecule has 1 aromatic heterocycles. The second kappa shape index (κ2) is 6.52. The van der Waals surface area contributed by atoms with Crippen molar-refractivity contribution in [2.45, 2.75) is 26.3 Å². The van der Waals surface area contributed by atoms with Gasteiger partial charge in [0.05, 0.1) is 30.3 Å². The van der Waals surface area contributed by atoms with Gasteiger partial charge in [-0.3, -0.25) is 4.79 Å². The van der Waals surface area contributed by atoms with Crippen LogP contribution in [0.5, 0.6) is 5.75 Å². The Kier molecular flexibility index (Phi) is 4.74. The highest BCUT2D eigenvalue weighted by Gasteiger charge is 2.14. The maximum absolute atomic E-state index is 12.0. The predicted octanol–water partition coefficient (Wildman–Crippen LogP) is 2.88. The zero-order valence-electron chi connectivity index (χ0n) is 11.8. The number of nitrogens with zero attached hydrogens (tertiary/aromatic N) is 1. The monoisotopic (exact) mass is 290 g/mol. The normalized spacial score (nSPS) is 11.9. The number of nitrogens with one attached hydrogen (secondary N) is 1. The summed E-state index contributed by atoms with van der Waals surface area (Å²) in [5.41, 5.74) is 1.79. The van der Waals surface area contributed by atoms with Gasteiger partial charge in [0.25, 0.3) is 0 Å². The van der Waals surface area contributed by atoms with Crippen LogP contribution in [0.4, 0.5) is 0 Å². The number of carbonyl (C=O) groups excluding carboxylic acids is 1. The fourth-order valence-electron chi connectivity index (χ4n) is 2.05. The third kappa shape index (κ3) is 3.57. The molecule has 0 aliphatic heterocycles. The van der Waals surface area contributed by atoms with Gasteiger partial charge in [-0.25, -0.2) is 4.98 Å². The molecule has 4 nitrogen and oxygen atoms in total. The molecule has 0 aliphatic carbocycles. The molecule has 1 aromatic carbocycles. The van der Waals surface area contributed by atoms with E-state index in [0.717, 1.165) is 22.0 Å². The van der Waals surface area contributed by atoms with Crippen LogP contribution in [0.1, 0.15) is 29.2 Å². The lowest BCUT2D eigenvalue weighted by atomic mass is 10.1. The highest BCUT2D eigenvalue weighted by molar-refractivity contribution is 7.09. The molecule has 1 amide bonds. The lowest BCUT2D eigenvalue weighted by Gasteiger charge is -2.16. The first-order valence-corrected chi connectivity index (χ1v) is 7.31. The maximum Gasteiger partial charge on any atom is 0.226 e. The smallest absolute Gasteiger partial charge is 0.226 e. The summed E-state index contributed by atoms with van der Waals surface area (Å²) in [4.78, 5) is 16.3. The van der Waals surface area contributed by atoms with Gasteiger partial charge in [-0.15, -0.1) is 11.3 Å². The Morgan fingerprint density at radius 2 is 2.20 bits per heavy atom. The van der Waals surface area contributed by atoms with Gasteiger partial charge >= 0.3 is 0 Å². The fourth-order valence-corrected chi connectivity index (χ4v) is 2.66. The van der Waals surface area contributed by atoms with E-state index in [4.69, 9.17) is 4.74 Å². The summed E-state index contributed by atoms with van der Waals surface area (Å²) in [7, 11) is 1.63. The van der Waals surface area contributed by atoms with Crippen molar-refractivity contribution in [2.75, 3.05) is 7.11 Å². The van der Waals surface area contributed by atoms with Gasteiger partial charge in [0.1, 0.15) is 5.75 Å². The second-order valence-electron chi connectivity index (χ2n) is 4.57. The molecule has 0 aliphatic rings. The summed E-state index contributed by atoms with van der Waals surface area (Å²) in [6.07, 6.45) is 0.309. The molecule has 0 bridgehead atoms. The van der Waals surface area contributed by atoms with Gasteiger partial charge in [0, 0.05) is 10.9 Å². The van der Waals surface area contributed by atoms with Crippen molar-refractivity contribution < 1.29 is 9.53 Å². The number of hydrogen-bond acceptors (Lipinski definition) is 4. The number of hydrogen-bond donors (Lipinski definition) is 1. The molecule has 2 rings (SSSR count). The third-order valence-corrected chi connectivity index (χ3v) is 3.81. The molecule has 0 fully saturated rings. The highest BCUT2D eigenvalue weighted by atomic mass is 32.1. The lowest BCUT2D eigenvalue weighted by Crippen LogP contribution is -2.28. The van der Waals surface area contributed by atoms with Crippen molar-refractivity contribution in [3.63, 3.8) is 0 Å². The largest absolute Gasteiger partial charge is 0.496 e. The van der Waals surface area contributed by atoms with Crippen molar-refractivity contribution >= 4 is 17.2 Å². The SMILES string of the molecule is COc1ccccc1[C@H](C)NC(=O)Cc1csc(C)n1. The molecule has 0 radical (unpaired) electrons. The van der Waals surface area contributed by atoms with Crippen molar-refractivity contribution in [3.05, 3.63) is 45.9 Å². The van der Waals surface area contributed by atoms with Crippen LogP contribution in [0.3, 0.4) is 0 Å². The number of thiazole rings is 1. The molecule has 106 valence electrons. The van der Waals surface area contributed by atoms with Crippen molar-refractivity contribution in [2.24, 2.45) is 0 Å². The van der Waals surface area contributed by atoms with Crippen LogP contribution < -0.4 is 10.1 Å². The quantitative estimate of drug-likeness (QED) is 0.921. The zero-order valence-corrected chi connectivity index (χ0v) is 12.7. The summed E-state index contributed by atoms with van der Waals surface area (Å²) in [5, 5.41) is 5.87. The second-order valence-corrected chi connectivity index (χ2v) is 5.63. The third-order valence-electron chi connectivity index (χ3n) is 2.99. The predicted molar refractivity (Wildman–Crippen MR) is 80.1 cm³/mol. The van der Waals surface area contributed by atoms with E-state index in [1.54, 1.807) is 18.4 Å². The van der Waals surface area contributed by atoms with Crippen molar-refractivity contribution in [3.8, 4) is 5.75 Å². The van der Waals surface area contributed by atoms with Gasteiger partial charge in [-0.05, 0) is 19.9 Å². The standard InChI is InChI=1S/C15H18N2O2S/c1-10(13-6-4-5-7-14(13)19-3)16-15(18)8-12-9-20-11(2)17-12/h4-7,9-10H,8H2,1-3H3,(H,16,18)/t10-/m0/s1. The highest BCUT2D eigenvalue weighted by Crippen LogP contribution is 2.24. The molecule has 20 heavy (non-hydrogen) atoms. The van der Waals surface area contributed by atoms with Crippen LogP contribution in [-0.4, -0.2) is 18.0 Å². The number of rotatable bonds is 5. The maximum atomic E-state index is 12.0. The first kappa shape index (κ1) is 14.5. The number of carbonyl (C=O) groups is 1. The Balaban J connectivity index is 2.00. The van der Waals surface area contributed by atoms with E-state index in [1.807, 2.05) is 43.5 Å². The molecule has 5 heteroatoms. The van der Waals surface area contributed by atoms with Crippen LogP contribution in [0.15, 0.2) is 29.6 Å². The van der Waals surface area contributed by atoms with Gasteiger partial charge < -0.3 is 10.1 Å². The van der Waals surface area contributed by atoms with E-state index in [-0.39, 0.29) is 11.9 Å². The Hall–Kier alpha value is -1.88. The molecule has 2 aromatic rings. The Labute approximate surface area is 122 Å². The summed E-state index contributed by atoms with van der Waals surface area (Å²) in [6.45, 7) is 3.88. The number of aryl methyl sites for hydroxylation is 1. The number of aromatic nitrogens is 1. The van der Waals surface area contributed by atoms with Crippen LogP contribution >= 0.6 is 11.3 Å². The number of benzene rings is 1. The molecule has 0 saturated heterocycles. The average Bonchev–Trinajstić information content (AvgIpc) is 2.83. The van der Waals surface area contributed by atoms with Gasteiger partial charge in [-0.2, -0.15) is 0 Å². The van der Waals surface area contributed by atoms with Crippen LogP contribution in [0.2, 0.25) is 0 Å². The molecule has 0 saturated carbocycles. The van der Waals surface area contributed by atoms with Gasteiger partial charge in [-0.1, -0.05) is 18.2 Å². The van der Waals surface area contributed by atoms with Gasteiger partial charge in [0.15, 0.2) is 0 Å². The first-order chi connectivity index (χ1) is 9.60. The fraction of sp³-hybridized carbons (Fsp3) is 0.333. The van der Waals surface area contributed by atoms with E-state index < -0.39 is 0 Å². The number of methoxy groups -OCH3 is 1.